The number of anilines is 1. The quantitative estimate of drug-likeness (QED) is 0.878. The molecule has 0 saturated carbocycles. The molecule has 0 unspecified atom stereocenters. The van der Waals surface area contributed by atoms with Gasteiger partial charge in [-0.2, -0.15) is 5.10 Å². The Morgan fingerprint density at radius 2 is 2.00 bits per heavy atom. The zero-order valence-electron chi connectivity index (χ0n) is 10.6. The van der Waals surface area contributed by atoms with Crippen LogP contribution < -0.4 is 5.73 Å². The average Bonchev–Trinajstić information content (AvgIpc) is 2.69. The predicted molar refractivity (Wildman–Crippen MR) is 68.5 cm³/mol. The Balaban J connectivity index is 2.42. The van der Waals surface area contributed by atoms with E-state index in [2.05, 4.69) is 28.9 Å². The lowest BCUT2D eigenvalue weighted by molar-refractivity contribution is 0.401. The average molecular weight is 233 g/mol. The summed E-state index contributed by atoms with van der Waals surface area (Å²) in [5, 5.41) is 5.22. The lowest BCUT2D eigenvalue weighted by Gasteiger charge is -2.12. The molecule has 2 heterocycles. The molecular formula is C12H19N5. The van der Waals surface area contributed by atoms with E-state index in [0.29, 0.717) is 17.6 Å². The molecule has 5 nitrogen and oxygen atoms in total. The van der Waals surface area contributed by atoms with Crippen LogP contribution in [-0.2, 0) is 6.54 Å². The molecule has 2 aromatic rings. The molecule has 2 rings (SSSR count). The third-order valence-electron chi connectivity index (χ3n) is 3.22. The van der Waals surface area contributed by atoms with Gasteiger partial charge < -0.3 is 5.73 Å². The molecule has 0 saturated heterocycles. The van der Waals surface area contributed by atoms with Crippen molar-refractivity contribution in [2.75, 3.05) is 5.73 Å². The standard InChI is InChI=1S/C12H19N5/c1-4-9(5-2)7-17-12-10(6-14-17)11(13)15-8(3)16-12/h6,9H,4-5,7H2,1-3H3,(H2,13,15,16). The molecule has 0 amide bonds. The maximum absolute atomic E-state index is 5.86. The fourth-order valence-electron chi connectivity index (χ4n) is 2.02. The van der Waals surface area contributed by atoms with Gasteiger partial charge in [-0.05, 0) is 12.8 Å². The number of nitrogens with zero attached hydrogens (tertiary/aromatic N) is 4. The van der Waals surface area contributed by atoms with Gasteiger partial charge in [0.15, 0.2) is 5.65 Å². The van der Waals surface area contributed by atoms with E-state index < -0.39 is 0 Å². The first-order chi connectivity index (χ1) is 8.15. The van der Waals surface area contributed by atoms with E-state index >= 15 is 0 Å². The molecule has 0 aliphatic carbocycles. The topological polar surface area (TPSA) is 69.6 Å². The van der Waals surface area contributed by atoms with Crippen molar-refractivity contribution in [2.24, 2.45) is 5.92 Å². The Hall–Kier alpha value is -1.65. The van der Waals surface area contributed by atoms with Crippen LogP contribution in [0, 0.1) is 12.8 Å². The number of hydrogen-bond acceptors (Lipinski definition) is 4. The maximum Gasteiger partial charge on any atom is 0.163 e. The van der Waals surface area contributed by atoms with E-state index in [1.54, 1.807) is 6.20 Å². The van der Waals surface area contributed by atoms with Crippen LogP contribution in [0.3, 0.4) is 0 Å². The van der Waals surface area contributed by atoms with E-state index in [1.165, 1.54) is 0 Å². The summed E-state index contributed by atoms with van der Waals surface area (Å²) in [4.78, 5) is 8.58. The molecule has 2 aromatic heterocycles. The Morgan fingerprint density at radius 1 is 1.29 bits per heavy atom. The van der Waals surface area contributed by atoms with Crippen molar-refractivity contribution in [3.05, 3.63) is 12.0 Å². The first kappa shape index (κ1) is 11.8. The molecule has 2 N–H and O–H groups in total. The Kier molecular flexibility index (Phi) is 3.26. The van der Waals surface area contributed by atoms with Crippen molar-refractivity contribution in [1.82, 2.24) is 19.7 Å². The van der Waals surface area contributed by atoms with Gasteiger partial charge in [0, 0.05) is 6.54 Å². The lowest BCUT2D eigenvalue weighted by Crippen LogP contribution is -2.11. The van der Waals surface area contributed by atoms with E-state index in [9.17, 15) is 0 Å². The summed E-state index contributed by atoms with van der Waals surface area (Å²) < 4.78 is 1.94. The lowest BCUT2D eigenvalue weighted by atomic mass is 10.0. The molecule has 17 heavy (non-hydrogen) atoms. The molecule has 0 spiro atoms. The summed E-state index contributed by atoms with van der Waals surface area (Å²) in [6, 6.07) is 0. The van der Waals surface area contributed by atoms with E-state index in [-0.39, 0.29) is 0 Å². The SMILES string of the molecule is CCC(CC)Cn1ncc2c(N)nc(C)nc21. The molecule has 0 atom stereocenters. The molecule has 0 fully saturated rings. The van der Waals surface area contributed by atoms with Crippen LogP contribution in [0.2, 0.25) is 0 Å². The minimum atomic E-state index is 0.517. The molecule has 0 aliphatic rings. The summed E-state index contributed by atoms with van der Waals surface area (Å²) in [7, 11) is 0. The van der Waals surface area contributed by atoms with Gasteiger partial charge in [-0.15, -0.1) is 0 Å². The second kappa shape index (κ2) is 4.69. The van der Waals surface area contributed by atoms with Crippen molar-refractivity contribution in [2.45, 2.75) is 40.2 Å². The molecule has 0 radical (unpaired) electrons. The highest BCUT2D eigenvalue weighted by Gasteiger charge is 2.12. The molecule has 0 bridgehead atoms. The third kappa shape index (κ3) is 2.23. The van der Waals surface area contributed by atoms with Crippen molar-refractivity contribution >= 4 is 16.9 Å². The van der Waals surface area contributed by atoms with Crippen molar-refractivity contribution < 1.29 is 0 Å². The summed E-state index contributed by atoms with van der Waals surface area (Å²) in [5.74, 6) is 1.85. The first-order valence-corrected chi connectivity index (χ1v) is 6.11. The number of nitrogens with two attached hydrogens (primary N) is 1. The summed E-state index contributed by atoms with van der Waals surface area (Å²) >= 11 is 0. The smallest absolute Gasteiger partial charge is 0.163 e. The normalized spacial score (nSPS) is 11.5. The number of nitrogen functional groups attached to an aromatic ring is 1. The number of hydrogen-bond donors (Lipinski definition) is 1. The largest absolute Gasteiger partial charge is 0.383 e. The molecule has 0 aromatic carbocycles. The van der Waals surface area contributed by atoms with Crippen molar-refractivity contribution in [1.29, 1.82) is 0 Å². The number of aromatic nitrogens is 4. The van der Waals surface area contributed by atoms with Gasteiger partial charge in [0.25, 0.3) is 0 Å². The van der Waals surface area contributed by atoms with E-state index in [4.69, 9.17) is 5.73 Å². The molecule has 5 heteroatoms. The first-order valence-electron chi connectivity index (χ1n) is 6.11. The van der Waals surface area contributed by atoms with Crippen LogP contribution >= 0.6 is 0 Å². The number of aryl methyl sites for hydroxylation is 1. The van der Waals surface area contributed by atoms with Crippen LogP contribution in [0.5, 0.6) is 0 Å². The predicted octanol–water partition coefficient (Wildman–Crippen LogP) is 2.15. The van der Waals surface area contributed by atoms with Gasteiger partial charge in [0.05, 0.1) is 11.6 Å². The minimum Gasteiger partial charge on any atom is -0.383 e. The highest BCUT2D eigenvalue weighted by atomic mass is 15.3. The van der Waals surface area contributed by atoms with Crippen LogP contribution in [-0.4, -0.2) is 19.7 Å². The third-order valence-corrected chi connectivity index (χ3v) is 3.22. The molecule has 0 aliphatic heterocycles. The fraction of sp³-hybridized carbons (Fsp3) is 0.583. The summed E-state index contributed by atoms with van der Waals surface area (Å²) in [6.45, 7) is 7.15. The Morgan fingerprint density at radius 3 is 2.65 bits per heavy atom. The fourth-order valence-corrected chi connectivity index (χ4v) is 2.02. The van der Waals surface area contributed by atoms with Crippen LogP contribution in [0.4, 0.5) is 5.82 Å². The number of fused-ring (bicyclic) bond motifs is 1. The summed E-state index contributed by atoms with van der Waals surface area (Å²) in [5.41, 5.74) is 6.71. The Labute approximate surface area is 101 Å². The van der Waals surface area contributed by atoms with E-state index in [0.717, 1.165) is 30.4 Å². The zero-order chi connectivity index (χ0) is 12.4. The Bertz CT molecular complexity index is 513. The van der Waals surface area contributed by atoms with Crippen LogP contribution in [0.1, 0.15) is 32.5 Å². The second-order valence-electron chi connectivity index (χ2n) is 4.40. The van der Waals surface area contributed by atoms with Gasteiger partial charge in [0.2, 0.25) is 0 Å². The highest BCUT2D eigenvalue weighted by Crippen LogP contribution is 2.19. The van der Waals surface area contributed by atoms with Gasteiger partial charge in [-0.3, -0.25) is 0 Å². The maximum atomic E-state index is 5.86. The molecular weight excluding hydrogens is 214 g/mol. The minimum absolute atomic E-state index is 0.517. The van der Waals surface area contributed by atoms with Gasteiger partial charge in [-0.25, -0.2) is 14.6 Å². The van der Waals surface area contributed by atoms with Crippen LogP contribution in [0.15, 0.2) is 6.20 Å². The van der Waals surface area contributed by atoms with Crippen LogP contribution in [0.25, 0.3) is 11.0 Å². The van der Waals surface area contributed by atoms with E-state index in [1.807, 2.05) is 11.6 Å². The number of rotatable bonds is 4. The second-order valence-corrected chi connectivity index (χ2v) is 4.40. The summed E-state index contributed by atoms with van der Waals surface area (Å²) in [6.07, 6.45) is 4.06. The van der Waals surface area contributed by atoms with Crippen molar-refractivity contribution in [3.8, 4) is 0 Å². The zero-order valence-corrected chi connectivity index (χ0v) is 10.6. The monoisotopic (exact) mass is 233 g/mol. The van der Waals surface area contributed by atoms with Crippen molar-refractivity contribution in [3.63, 3.8) is 0 Å². The van der Waals surface area contributed by atoms with Gasteiger partial charge >= 0.3 is 0 Å². The van der Waals surface area contributed by atoms with Gasteiger partial charge in [-0.1, -0.05) is 26.7 Å². The van der Waals surface area contributed by atoms with Gasteiger partial charge in [0.1, 0.15) is 11.6 Å². The highest BCUT2D eigenvalue weighted by molar-refractivity contribution is 5.84. The molecule has 92 valence electrons.